The summed E-state index contributed by atoms with van der Waals surface area (Å²) in [4.78, 5) is 125. The molecule has 596 valence electrons. The summed E-state index contributed by atoms with van der Waals surface area (Å²) in [5.41, 5.74) is 4.24. The van der Waals surface area contributed by atoms with E-state index in [1.807, 2.05) is 0 Å². The largest absolute Gasteiger partial charge is 0.394 e. The molecule has 103 heavy (non-hydrogen) atoms. The van der Waals surface area contributed by atoms with E-state index in [0.29, 0.717) is 77.4 Å². The van der Waals surface area contributed by atoms with Crippen molar-refractivity contribution in [2.45, 2.75) is 236 Å². The first kappa shape index (κ1) is 93.5. The van der Waals surface area contributed by atoms with E-state index in [9.17, 15) is 78.1 Å². The van der Waals surface area contributed by atoms with E-state index in [4.69, 9.17) is 43.4 Å². The minimum atomic E-state index is -3.73. The van der Waals surface area contributed by atoms with Gasteiger partial charge in [0.25, 0.3) is 0 Å². The molecule has 14 atom stereocenters. The van der Waals surface area contributed by atoms with Gasteiger partial charge in [0.15, 0.2) is 12.6 Å². The minimum absolute atomic E-state index is 0.00395. The van der Waals surface area contributed by atoms with Gasteiger partial charge in [-0.15, -0.1) is 0 Å². The highest BCUT2D eigenvalue weighted by Gasteiger charge is 2.46. The van der Waals surface area contributed by atoms with Gasteiger partial charge in [0, 0.05) is 118 Å². The lowest BCUT2D eigenvalue weighted by molar-refractivity contribution is -0.270. The van der Waals surface area contributed by atoms with Gasteiger partial charge >= 0.3 is 7.60 Å². The van der Waals surface area contributed by atoms with Crippen molar-refractivity contribution >= 4 is 106 Å². The number of aliphatic hydroxyl groups excluding tert-OH is 5. The summed E-state index contributed by atoms with van der Waals surface area (Å²) in [7, 11) is -3.73. The van der Waals surface area contributed by atoms with Gasteiger partial charge in [0.05, 0.1) is 91.6 Å². The number of nitrogens with zero attached hydrogens (tertiary/aromatic N) is 1. The molecule has 0 saturated carbocycles. The van der Waals surface area contributed by atoms with E-state index < -0.39 is 86.9 Å². The molecule has 12 unspecified atom stereocenters. The second-order valence-corrected chi connectivity index (χ2v) is 31.0. The predicted molar refractivity (Wildman–Crippen MR) is 393 cm³/mol. The van der Waals surface area contributed by atoms with Gasteiger partial charge in [-0.25, -0.2) is 0 Å². The number of β-amino-alcohol motifs (C(OH)–C–C–N with tert-alkyl or cyclic N) is 1. The quantitative estimate of drug-likeness (QED) is 0.0160. The molecule has 0 spiro atoms. The van der Waals surface area contributed by atoms with Crippen LogP contribution in [0, 0.1) is 0 Å². The van der Waals surface area contributed by atoms with Crippen LogP contribution in [0.4, 0.5) is 0 Å². The standard InChI is InChI=1S/C66H119I2N10O24P/c1-45(81)75-60-59(68)58(67)49(39-79)101-64(60)98-32-14-12-19-51(84)71-28-17-30-73-54(87)24-35-96-43-66(42-95-34-23-53(86)70-27-16-26-69,77-56(89)21-10-8-6-4-5-7-9-11-22-57(90)78-38-48(83)37-47(78)41-100-103(3,93)94)44-97-36-25-55(88)74-31-18-29-72-52(85)20-13-15-33-99-65-61(76-46(2)82)63(92)62(91)50(40-80)102-65/h47-50,58-65,79-80,83,91-92H,4-44,69H2,1-3H3,(H,70,86)(H,71,84)(H,72,85)(H,73,87)(H,74,88)(H,75,81)(H,76,82)(H,77,89)(H,93,94)/t47-,48+,49?,50?,58?,59?,60?,61?,62?,63?,64?,65?,66?/m0/s1. The van der Waals surface area contributed by atoms with Gasteiger partial charge in [0.1, 0.15) is 29.9 Å². The van der Waals surface area contributed by atoms with Gasteiger partial charge in [-0.05, 0) is 70.8 Å². The van der Waals surface area contributed by atoms with Crippen LogP contribution in [0.15, 0.2) is 0 Å². The van der Waals surface area contributed by atoms with E-state index >= 15 is 0 Å². The fourth-order valence-electron chi connectivity index (χ4n) is 11.4. The summed E-state index contributed by atoms with van der Waals surface area (Å²) in [5, 5.41) is 72.8. The second-order valence-electron chi connectivity index (χ2n) is 26.3. The van der Waals surface area contributed by atoms with Crippen LogP contribution < -0.4 is 48.3 Å². The first-order valence-corrected chi connectivity index (χ1v) is 40.7. The van der Waals surface area contributed by atoms with Crippen LogP contribution in [0.3, 0.4) is 0 Å². The Morgan fingerprint density at radius 2 is 0.932 bits per heavy atom. The van der Waals surface area contributed by atoms with Crippen molar-refractivity contribution in [2.24, 2.45) is 5.73 Å². The lowest BCUT2D eigenvalue weighted by atomic mass is 9.97. The Kier molecular flexibility index (Phi) is 49.0. The van der Waals surface area contributed by atoms with Crippen molar-refractivity contribution in [1.82, 2.24) is 47.4 Å². The molecule has 0 aromatic rings. The van der Waals surface area contributed by atoms with Gasteiger partial charge in [0.2, 0.25) is 53.2 Å². The molecular weight excluding hydrogens is 1600 g/mol. The molecule has 34 nitrogen and oxygen atoms in total. The molecule has 16 N–H and O–H groups in total. The first-order chi connectivity index (χ1) is 49.2. The first-order valence-electron chi connectivity index (χ1n) is 36.2. The van der Waals surface area contributed by atoms with E-state index in [-0.39, 0.29) is 199 Å². The number of hydrogen-bond donors (Lipinski definition) is 15. The number of hydrogen-bond acceptors (Lipinski definition) is 24. The number of amides is 9. The number of aliphatic hydroxyl groups is 5. The lowest BCUT2D eigenvalue weighted by Crippen LogP contribution is -2.64. The highest BCUT2D eigenvalue weighted by Crippen LogP contribution is 2.38. The zero-order valence-electron chi connectivity index (χ0n) is 60.2. The molecule has 0 bridgehead atoms. The zero-order valence-corrected chi connectivity index (χ0v) is 65.4. The molecule has 3 fully saturated rings. The maximum absolute atomic E-state index is 13.9. The Hall–Kier alpha value is -3.68. The number of halogens is 2. The van der Waals surface area contributed by atoms with E-state index in [2.05, 4.69) is 87.7 Å². The maximum Gasteiger partial charge on any atom is 0.325 e. The summed E-state index contributed by atoms with van der Waals surface area (Å²) in [6.45, 7) is 4.54. The molecule has 3 heterocycles. The Bertz CT molecular complexity index is 2440. The Balaban J connectivity index is 1.51. The number of ether oxygens (including phenoxy) is 7. The van der Waals surface area contributed by atoms with Crippen LogP contribution >= 0.6 is 52.8 Å². The highest BCUT2D eigenvalue weighted by molar-refractivity contribution is 14.1. The molecule has 37 heteroatoms. The Morgan fingerprint density at radius 3 is 1.39 bits per heavy atom. The number of rotatable bonds is 57. The molecule has 0 aromatic heterocycles. The summed E-state index contributed by atoms with van der Waals surface area (Å²) in [6, 6.07) is -1.95. The lowest BCUT2D eigenvalue weighted by Gasteiger charge is -2.42. The van der Waals surface area contributed by atoms with Crippen molar-refractivity contribution in [1.29, 1.82) is 0 Å². The number of nitrogens with two attached hydrogens (primary N) is 1. The van der Waals surface area contributed by atoms with Crippen LogP contribution in [0.25, 0.3) is 0 Å². The maximum atomic E-state index is 13.9. The molecule has 0 aromatic carbocycles. The van der Waals surface area contributed by atoms with Crippen molar-refractivity contribution in [3.8, 4) is 0 Å². The molecule has 3 saturated heterocycles. The Labute approximate surface area is 632 Å². The number of unbranched alkanes of at least 4 members (excludes halogenated alkanes) is 9. The smallest absolute Gasteiger partial charge is 0.325 e. The predicted octanol–water partition coefficient (Wildman–Crippen LogP) is -0.387. The minimum Gasteiger partial charge on any atom is -0.394 e. The second kappa shape index (κ2) is 54.0. The molecular formula is C66H119I2N10O24P. The van der Waals surface area contributed by atoms with Gasteiger partial charge in [-0.1, -0.05) is 83.7 Å². The highest BCUT2D eigenvalue weighted by atomic mass is 127. The number of nitrogens with one attached hydrogen (secondary N) is 8. The summed E-state index contributed by atoms with van der Waals surface area (Å²) in [5.74, 6) is -2.48. The van der Waals surface area contributed by atoms with Gasteiger partial charge in [-0.2, -0.15) is 0 Å². The number of carbonyl (C=O) groups is 9. The summed E-state index contributed by atoms with van der Waals surface area (Å²) < 4.78 is 58.0. The zero-order chi connectivity index (χ0) is 76.0. The molecule has 3 aliphatic rings. The third-order valence-corrected chi connectivity index (χ3v) is 22.1. The fourth-order valence-corrected chi connectivity index (χ4v) is 13.7. The van der Waals surface area contributed by atoms with Gasteiger partial charge < -0.3 is 121 Å². The normalized spacial score (nSPS) is 23.7. The average Bonchev–Trinajstić information content (AvgIpc) is 1.68. The van der Waals surface area contributed by atoms with Crippen molar-refractivity contribution in [2.75, 3.05) is 125 Å². The average molecular weight is 1720 g/mol. The van der Waals surface area contributed by atoms with Crippen LogP contribution in [0.5, 0.6) is 0 Å². The van der Waals surface area contributed by atoms with Crippen molar-refractivity contribution in [3.63, 3.8) is 0 Å². The number of likely N-dealkylation sites (tertiary alicyclic amines) is 1. The van der Waals surface area contributed by atoms with E-state index in [1.165, 1.54) is 18.7 Å². The molecule has 3 rings (SSSR count). The Morgan fingerprint density at radius 1 is 0.524 bits per heavy atom. The summed E-state index contributed by atoms with van der Waals surface area (Å²) in [6.07, 6.45) is 3.64. The molecule has 0 radical (unpaired) electrons. The van der Waals surface area contributed by atoms with Crippen molar-refractivity contribution < 1.29 is 116 Å². The number of carbonyl (C=O) groups excluding carboxylic acids is 9. The van der Waals surface area contributed by atoms with E-state index in [1.54, 1.807) is 0 Å². The van der Waals surface area contributed by atoms with Gasteiger partial charge in [-0.3, -0.25) is 47.7 Å². The fraction of sp³-hybridized carbons (Fsp3) is 0.864. The molecule has 3 aliphatic heterocycles. The third kappa shape index (κ3) is 40.9. The van der Waals surface area contributed by atoms with Crippen LogP contribution in [0.1, 0.15) is 162 Å². The summed E-state index contributed by atoms with van der Waals surface area (Å²) >= 11 is 4.44. The van der Waals surface area contributed by atoms with Crippen molar-refractivity contribution in [3.05, 3.63) is 0 Å². The monoisotopic (exact) mass is 1720 g/mol. The van der Waals surface area contributed by atoms with Crippen LogP contribution in [0.2, 0.25) is 0 Å². The third-order valence-electron chi connectivity index (χ3n) is 17.0. The topological polar surface area (TPSA) is 491 Å². The molecule has 9 amide bonds. The molecule has 0 aliphatic carbocycles. The van der Waals surface area contributed by atoms with E-state index in [0.717, 1.165) is 45.2 Å². The SMILES string of the molecule is CC(=O)NC1C(OCCCCC(=O)NCCCNC(=O)CCOCC(COCCC(=O)NCCCN)(COCCC(=O)NCCCNC(=O)CCCCOC2OC(CO)C(I)C(I)C2NC(C)=O)NC(=O)CCCCCCCCCCC(=O)N2C[C@H](O)C[C@H]2COP(C)(=O)O)OC(CO)C(O)C1O. The van der Waals surface area contributed by atoms with Crippen LogP contribution in [-0.4, -0.2) is 288 Å². The van der Waals surface area contributed by atoms with Crippen LogP contribution in [-0.2, 0) is 85.4 Å². The number of alkyl halides is 2.